The van der Waals surface area contributed by atoms with Crippen LogP contribution in [0.4, 0.5) is 16.2 Å². The van der Waals surface area contributed by atoms with Gasteiger partial charge in [0.15, 0.2) is 5.15 Å². The van der Waals surface area contributed by atoms with Gasteiger partial charge in [-0.15, -0.1) is 0 Å². The van der Waals surface area contributed by atoms with Gasteiger partial charge in [-0.1, -0.05) is 23.2 Å². The fourth-order valence-corrected chi connectivity index (χ4v) is 1.87. The summed E-state index contributed by atoms with van der Waals surface area (Å²) in [5, 5.41) is 5.91. The van der Waals surface area contributed by atoms with E-state index in [0.29, 0.717) is 22.1 Å². The summed E-state index contributed by atoms with van der Waals surface area (Å²) < 4.78 is 5.14. The maximum Gasteiger partial charge on any atom is 0.323 e. The first-order valence-electron chi connectivity index (χ1n) is 5.62. The van der Waals surface area contributed by atoms with Crippen molar-refractivity contribution in [1.82, 2.24) is 4.98 Å². The summed E-state index contributed by atoms with van der Waals surface area (Å²) in [5.74, 6) is 0.502. The Labute approximate surface area is 125 Å². The Morgan fingerprint density at radius 3 is 2.65 bits per heavy atom. The average molecular weight is 312 g/mol. The number of nitrogens with zero attached hydrogens (tertiary/aromatic N) is 1. The lowest BCUT2D eigenvalue weighted by molar-refractivity contribution is 0.262. The molecule has 2 aromatic rings. The van der Waals surface area contributed by atoms with Gasteiger partial charge in [0.1, 0.15) is 5.75 Å². The van der Waals surface area contributed by atoms with E-state index in [9.17, 15) is 4.79 Å². The molecule has 1 heterocycles. The zero-order valence-corrected chi connectivity index (χ0v) is 12.0. The number of hydrogen-bond acceptors (Lipinski definition) is 3. The smallest absolute Gasteiger partial charge is 0.323 e. The van der Waals surface area contributed by atoms with E-state index in [1.54, 1.807) is 30.3 Å². The molecule has 20 heavy (non-hydrogen) atoms. The first-order chi connectivity index (χ1) is 9.60. The van der Waals surface area contributed by atoms with Crippen molar-refractivity contribution in [2.45, 2.75) is 0 Å². The van der Waals surface area contributed by atoms with Crippen molar-refractivity contribution in [3.8, 4) is 5.75 Å². The predicted molar refractivity (Wildman–Crippen MR) is 79.9 cm³/mol. The van der Waals surface area contributed by atoms with E-state index in [1.807, 2.05) is 0 Å². The van der Waals surface area contributed by atoms with Gasteiger partial charge in [-0.3, -0.25) is 0 Å². The molecule has 5 nitrogen and oxygen atoms in total. The summed E-state index contributed by atoms with van der Waals surface area (Å²) in [6, 6.07) is 7.76. The molecule has 0 saturated carbocycles. The van der Waals surface area contributed by atoms with Gasteiger partial charge in [-0.2, -0.15) is 0 Å². The average Bonchev–Trinajstić information content (AvgIpc) is 2.41. The molecule has 0 unspecified atom stereocenters. The summed E-state index contributed by atoms with van der Waals surface area (Å²) in [5.41, 5.74) is 0.866. The Kier molecular flexibility index (Phi) is 4.65. The number of methoxy groups -OCH3 is 1. The molecule has 104 valence electrons. The Balaban J connectivity index is 2.12. The Morgan fingerprint density at radius 2 is 1.95 bits per heavy atom. The SMILES string of the molecule is COc1ccc(Cl)cc1NC(=O)Nc1cccnc1Cl. The normalized spacial score (nSPS) is 9.95. The van der Waals surface area contributed by atoms with Crippen LogP contribution in [0.5, 0.6) is 5.75 Å². The van der Waals surface area contributed by atoms with Crippen LogP contribution in [0.25, 0.3) is 0 Å². The molecule has 1 aromatic carbocycles. The Hall–Kier alpha value is -1.98. The predicted octanol–water partition coefficient (Wildman–Crippen LogP) is 4.04. The van der Waals surface area contributed by atoms with E-state index in [1.165, 1.54) is 13.3 Å². The number of amides is 2. The maximum absolute atomic E-state index is 11.9. The molecule has 2 rings (SSSR count). The third kappa shape index (κ3) is 3.53. The third-order valence-electron chi connectivity index (χ3n) is 2.42. The number of rotatable bonds is 3. The van der Waals surface area contributed by atoms with Gasteiger partial charge < -0.3 is 15.4 Å². The van der Waals surface area contributed by atoms with Crippen LogP contribution in [0.15, 0.2) is 36.5 Å². The number of carbonyl (C=O) groups excluding carboxylic acids is 1. The van der Waals surface area contributed by atoms with Crippen LogP contribution >= 0.6 is 23.2 Å². The topological polar surface area (TPSA) is 63.2 Å². The number of nitrogens with one attached hydrogen (secondary N) is 2. The van der Waals surface area contributed by atoms with Crippen LogP contribution in [0.2, 0.25) is 10.2 Å². The van der Waals surface area contributed by atoms with Gasteiger partial charge >= 0.3 is 6.03 Å². The largest absolute Gasteiger partial charge is 0.495 e. The number of benzene rings is 1. The first kappa shape index (κ1) is 14.4. The van der Waals surface area contributed by atoms with Crippen LogP contribution in [-0.2, 0) is 0 Å². The summed E-state index contributed by atoms with van der Waals surface area (Å²) in [6.07, 6.45) is 1.53. The number of anilines is 2. The van der Waals surface area contributed by atoms with Gasteiger partial charge in [0.25, 0.3) is 0 Å². The van der Waals surface area contributed by atoms with Crippen molar-refractivity contribution >= 4 is 40.6 Å². The van der Waals surface area contributed by atoms with Crippen molar-refractivity contribution in [2.24, 2.45) is 0 Å². The molecule has 7 heteroatoms. The third-order valence-corrected chi connectivity index (χ3v) is 2.95. The number of ether oxygens (including phenoxy) is 1. The number of pyridine rings is 1. The van der Waals surface area contributed by atoms with Gasteiger partial charge in [0.2, 0.25) is 0 Å². The molecule has 1 aromatic heterocycles. The first-order valence-corrected chi connectivity index (χ1v) is 6.38. The lowest BCUT2D eigenvalue weighted by Crippen LogP contribution is -2.20. The quantitative estimate of drug-likeness (QED) is 0.841. The highest BCUT2D eigenvalue weighted by molar-refractivity contribution is 6.32. The highest BCUT2D eigenvalue weighted by Gasteiger charge is 2.10. The van der Waals surface area contributed by atoms with E-state index in [0.717, 1.165) is 0 Å². The Morgan fingerprint density at radius 1 is 1.20 bits per heavy atom. The monoisotopic (exact) mass is 311 g/mol. The van der Waals surface area contributed by atoms with E-state index in [2.05, 4.69) is 15.6 Å². The second-order valence-electron chi connectivity index (χ2n) is 3.77. The van der Waals surface area contributed by atoms with Gasteiger partial charge in [0.05, 0.1) is 18.5 Å². The summed E-state index contributed by atoms with van der Waals surface area (Å²) >= 11 is 11.7. The highest BCUT2D eigenvalue weighted by atomic mass is 35.5. The number of halogens is 2. The molecule has 0 spiro atoms. The fraction of sp³-hybridized carbons (Fsp3) is 0.0769. The van der Waals surface area contributed by atoms with Crippen molar-refractivity contribution in [3.63, 3.8) is 0 Å². The van der Waals surface area contributed by atoms with Gasteiger partial charge in [-0.05, 0) is 30.3 Å². The molecular weight excluding hydrogens is 301 g/mol. The van der Waals surface area contributed by atoms with E-state index in [4.69, 9.17) is 27.9 Å². The van der Waals surface area contributed by atoms with E-state index in [-0.39, 0.29) is 5.15 Å². The number of aromatic nitrogens is 1. The minimum Gasteiger partial charge on any atom is -0.495 e. The molecule has 0 aliphatic carbocycles. The standard InChI is InChI=1S/C13H11Cl2N3O2/c1-20-11-5-4-8(14)7-10(11)18-13(19)17-9-3-2-6-16-12(9)15/h2-7H,1H3,(H2,17,18,19). The van der Waals surface area contributed by atoms with Crippen LogP contribution < -0.4 is 15.4 Å². The fourth-order valence-electron chi connectivity index (χ4n) is 1.53. The van der Waals surface area contributed by atoms with Crippen LogP contribution in [-0.4, -0.2) is 18.1 Å². The van der Waals surface area contributed by atoms with Crippen LogP contribution in [0.1, 0.15) is 0 Å². The molecule has 2 amide bonds. The molecule has 2 N–H and O–H groups in total. The van der Waals surface area contributed by atoms with Crippen molar-refractivity contribution < 1.29 is 9.53 Å². The molecule has 0 saturated heterocycles. The lowest BCUT2D eigenvalue weighted by atomic mass is 10.3. The molecule has 0 fully saturated rings. The summed E-state index contributed by atoms with van der Waals surface area (Å²) in [4.78, 5) is 15.8. The number of hydrogen-bond donors (Lipinski definition) is 2. The molecule has 0 radical (unpaired) electrons. The van der Waals surface area contributed by atoms with Crippen LogP contribution in [0.3, 0.4) is 0 Å². The van der Waals surface area contributed by atoms with E-state index < -0.39 is 6.03 Å². The minimum atomic E-state index is -0.472. The number of carbonyl (C=O) groups is 1. The zero-order chi connectivity index (χ0) is 14.5. The Bertz CT molecular complexity index is 635. The van der Waals surface area contributed by atoms with Crippen LogP contribution in [0, 0.1) is 0 Å². The zero-order valence-electron chi connectivity index (χ0n) is 10.5. The van der Waals surface area contributed by atoms with Crippen molar-refractivity contribution in [3.05, 3.63) is 46.7 Å². The number of urea groups is 1. The maximum atomic E-state index is 11.9. The van der Waals surface area contributed by atoms with Gasteiger partial charge in [0, 0.05) is 11.2 Å². The molecule has 0 aliphatic heterocycles. The summed E-state index contributed by atoms with van der Waals surface area (Å²) in [7, 11) is 1.50. The second kappa shape index (κ2) is 6.45. The molecule has 0 atom stereocenters. The minimum absolute atomic E-state index is 0.209. The van der Waals surface area contributed by atoms with Crippen molar-refractivity contribution in [2.75, 3.05) is 17.7 Å². The second-order valence-corrected chi connectivity index (χ2v) is 4.56. The summed E-state index contributed by atoms with van der Waals surface area (Å²) in [6.45, 7) is 0. The molecular formula is C13H11Cl2N3O2. The van der Waals surface area contributed by atoms with E-state index >= 15 is 0 Å². The van der Waals surface area contributed by atoms with Crippen molar-refractivity contribution in [1.29, 1.82) is 0 Å². The lowest BCUT2D eigenvalue weighted by Gasteiger charge is -2.11. The van der Waals surface area contributed by atoms with Gasteiger partial charge in [-0.25, -0.2) is 9.78 Å². The highest BCUT2D eigenvalue weighted by Crippen LogP contribution is 2.28. The molecule has 0 aliphatic rings. The molecule has 0 bridgehead atoms.